The van der Waals surface area contributed by atoms with E-state index >= 15 is 0 Å². The van der Waals surface area contributed by atoms with E-state index in [1.807, 2.05) is 4.90 Å². The van der Waals surface area contributed by atoms with Gasteiger partial charge in [-0.15, -0.1) is 0 Å². The zero-order chi connectivity index (χ0) is 23.6. The average molecular weight is 447 g/mol. The number of piperidine rings is 1. The predicted molar refractivity (Wildman–Crippen MR) is 116 cm³/mol. The lowest BCUT2D eigenvalue weighted by Crippen LogP contribution is -2.43. The summed E-state index contributed by atoms with van der Waals surface area (Å²) in [5.74, 6) is -4.51. The van der Waals surface area contributed by atoms with Crippen LogP contribution in [-0.4, -0.2) is 42.3 Å². The first-order valence-electron chi connectivity index (χ1n) is 9.89. The molecule has 0 aliphatic carbocycles. The lowest BCUT2D eigenvalue weighted by Gasteiger charge is -2.39. The van der Waals surface area contributed by atoms with E-state index < -0.39 is 29.0 Å². The number of aromatic nitrogens is 1. The van der Waals surface area contributed by atoms with Crippen LogP contribution in [0.1, 0.15) is 41.4 Å². The number of pyridine rings is 1. The van der Waals surface area contributed by atoms with Crippen LogP contribution in [0.4, 0.5) is 19.0 Å². The minimum Gasteiger partial charge on any atom is -0.402 e. The number of carbonyl (C=O) groups excluding carboxylic acids is 1. The van der Waals surface area contributed by atoms with Crippen LogP contribution < -0.4 is 16.4 Å². The third-order valence-electron chi connectivity index (χ3n) is 5.49. The Morgan fingerprint density at radius 1 is 1.16 bits per heavy atom. The second-order valence-electron chi connectivity index (χ2n) is 7.72. The maximum Gasteiger partial charge on any atom is 0.248 e. The molecule has 0 spiro atoms. The molecule has 32 heavy (non-hydrogen) atoms. The van der Waals surface area contributed by atoms with E-state index in [0.29, 0.717) is 22.8 Å². The number of primary amides is 1. The second-order valence-corrected chi connectivity index (χ2v) is 7.72. The highest BCUT2D eigenvalue weighted by Gasteiger charge is 2.36. The lowest BCUT2D eigenvalue weighted by molar-refractivity contribution is 0.0109. The Kier molecular flexibility index (Phi) is 6.54. The number of nitrogens with two attached hydrogens (primary N) is 2. The highest BCUT2D eigenvalue weighted by Crippen LogP contribution is 2.36. The number of anilines is 1. The first kappa shape index (κ1) is 23.3. The molecule has 2 aromatic rings. The molecule has 170 valence electrons. The van der Waals surface area contributed by atoms with Crippen LogP contribution in [0.3, 0.4) is 0 Å². The number of benzene rings is 1. The number of allylic oxidation sites excluding steroid dienone is 2. The number of rotatable bonds is 5. The highest BCUT2D eigenvalue weighted by atomic mass is 19.2. The fourth-order valence-electron chi connectivity index (χ4n) is 3.68. The summed E-state index contributed by atoms with van der Waals surface area (Å²) in [6.07, 6.45) is 1.73. The maximum atomic E-state index is 13.7. The molecular formula is C22H24F3N5O2. The number of nitrogens with zero attached hydrogens (tertiary/aromatic N) is 3. The minimum absolute atomic E-state index is 0.0313. The van der Waals surface area contributed by atoms with E-state index in [9.17, 15) is 23.1 Å². The third kappa shape index (κ3) is 4.59. The molecule has 1 aliphatic rings. The largest absolute Gasteiger partial charge is 0.402 e. The molecule has 3 rings (SSSR count). The first-order chi connectivity index (χ1) is 15.1. The summed E-state index contributed by atoms with van der Waals surface area (Å²) in [5.41, 5.74) is 11.5. The number of aliphatic hydroxyl groups is 1. The van der Waals surface area contributed by atoms with Crippen molar-refractivity contribution < 1.29 is 23.1 Å². The molecule has 2 heterocycles. The Labute approximate surface area is 183 Å². The predicted octanol–water partition coefficient (Wildman–Crippen LogP) is 2.48. The molecule has 1 aromatic heterocycles. The van der Waals surface area contributed by atoms with Crippen molar-refractivity contribution in [1.29, 1.82) is 0 Å². The van der Waals surface area contributed by atoms with Crippen molar-refractivity contribution in [3.8, 4) is 0 Å². The van der Waals surface area contributed by atoms with Crippen LogP contribution >= 0.6 is 0 Å². The van der Waals surface area contributed by atoms with Gasteiger partial charge in [0.05, 0.1) is 11.3 Å². The lowest BCUT2D eigenvalue weighted by atomic mass is 9.84. The molecule has 0 atom stereocenters. The van der Waals surface area contributed by atoms with Gasteiger partial charge in [0.2, 0.25) is 5.91 Å². The maximum absolute atomic E-state index is 13.7. The molecule has 10 heteroatoms. The van der Waals surface area contributed by atoms with Crippen molar-refractivity contribution in [1.82, 2.24) is 4.98 Å². The second kappa shape index (κ2) is 8.99. The normalized spacial score (nSPS) is 16.9. The summed E-state index contributed by atoms with van der Waals surface area (Å²) >= 11 is 0. The van der Waals surface area contributed by atoms with Crippen LogP contribution in [0, 0.1) is 17.5 Å². The average Bonchev–Trinajstić information content (AvgIpc) is 2.75. The van der Waals surface area contributed by atoms with Crippen LogP contribution in [0.2, 0.25) is 0 Å². The van der Waals surface area contributed by atoms with Crippen LogP contribution in [0.5, 0.6) is 0 Å². The molecule has 5 N–H and O–H groups in total. The molecule has 0 saturated carbocycles. The van der Waals surface area contributed by atoms with Gasteiger partial charge in [-0.05, 0) is 49.6 Å². The number of halogens is 3. The summed E-state index contributed by atoms with van der Waals surface area (Å²) in [7, 11) is 1.58. The van der Waals surface area contributed by atoms with E-state index in [1.54, 1.807) is 14.0 Å². The zero-order valence-electron chi connectivity index (χ0n) is 17.7. The molecular weight excluding hydrogens is 423 g/mol. The Morgan fingerprint density at radius 2 is 1.75 bits per heavy atom. The van der Waals surface area contributed by atoms with Gasteiger partial charge in [0.1, 0.15) is 5.82 Å². The summed E-state index contributed by atoms with van der Waals surface area (Å²) in [6, 6.07) is 4.66. The molecule has 0 unspecified atom stereocenters. The Hall–Kier alpha value is -3.40. The van der Waals surface area contributed by atoms with Crippen LogP contribution in [0.15, 0.2) is 35.0 Å². The molecule has 1 amide bonds. The number of amides is 1. The van der Waals surface area contributed by atoms with Crippen molar-refractivity contribution in [2.75, 3.05) is 25.0 Å². The van der Waals surface area contributed by atoms with Crippen molar-refractivity contribution in [2.45, 2.75) is 25.4 Å². The van der Waals surface area contributed by atoms with Gasteiger partial charge in [-0.2, -0.15) is 0 Å². The molecule has 1 aliphatic heterocycles. The molecule has 0 bridgehead atoms. The van der Waals surface area contributed by atoms with Crippen LogP contribution in [-0.2, 0) is 5.60 Å². The Balaban J connectivity index is 1.92. The standard InChI is InChI=1S/C22H24F3N5O2/c1-12(26)15(11-28-2)18-7-13(21(27)31)8-19(29-18)30-5-3-22(32,4-6-30)14-9-16(23)20(25)17(24)10-14/h7-11,32H,3-6,26H2,1-2H3,(H2,27,31)/b15-12+,28-11?. The minimum atomic E-state index is -1.58. The topological polar surface area (TPSA) is 118 Å². The van der Waals surface area contributed by atoms with E-state index in [-0.39, 0.29) is 37.1 Å². The van der Waals surface area contributed by atoms with Gasteiger partial charge in [0.15, 0.2) is 17.5 Å². The fraction of sp³-hybridized carbons (Fsp3) is 0.318. The summed E-state index contributed by atoms with van der Waals surface area (Å²) in [6.45, 7) is 2.19. The van der Waals surface area contributed by atoms with Gasteiger partial charge in [-0.1, -0.05) is 0 Å². The SMILES string of the molecule is CN=C/C(=C(/C)N)c1cc(C(N)=O)cc(N2CCC(O)(c3cc(F)c(F)c(F)c3)CC2)n1. The Morgan fingerprint density at radius 3 is 2.25 bits per heavy atom. The first-order valence-corrected chi connectivity index (χ1v) is 9.89. The Bertz CT molecular complexity index is 1080. The van der Waals surface area contributed by atoms with Gasteiger partial charge >= 0.3 is 0 Å². The van der Waals surface area contributed by atoms with Crippen LogP contribution in [0.25, 0.3) is 5.57 Å². The van der Waals surface area contributed by atoms with E-state index in [2.05, 4.69) is 9.98 Å². The molecule has 1 aromatic carbocycles. The molecule has 0 radical (unpaired) electrons. The molecule has 1 saturated heterocycles. The fourth-order valence-corrected chi connectivity index (χ4v) is 3.68. The number of aliphatic imine (C=N–C) groups is 1. The number of carbonyl (C=O) groups is 1. The van der Waals surface area contributed by atoms with Crippen molar-refractivity contribution in [3.63, 3.8) is 0 Å². The van der Waals surface area contributed by atoms with Gasteiger partial charge < -0.3 is 21.5 Å². The van der Waals surface area contributed by atoms with Gasteiger partial charge in [0.25, 0.3) is 0 Å². The third-order valence-corrected chi connectivity index (χ3v) is 5.49. The quantitative estimate of drug-likeness (QED) is 0.481. The van der Waals surface area contributed by atoms with Gasteiger partial charge in [0, 0.05) is 43.2 Å². The monoisotopic (exact) mass is 447 g/mol. The molecule has 1 fully saturated rings. The molecule has 7 nitrogen and oxygen atoms in total. The van der Waals surface area contributed by atoms with Crippen molar-refractivity contribution >= 4 is 23.5 Å². The summed E-state index contributed by atoms with van der Waals surface area (Å²) < 4.78 is 40.6. The van der Waals surface area contributed by atoms with Gasteiger partial charge in [-0.25, -0.2) is 18.2 Å². The summed E-state index contributed by atoms with van der Waals surface area (Å²) in [5, 5.41) is 11.0. The summed E-state index contributed by atoms with van der Waals surface area (Å²) in [4.78, 5) is 22.2. The van der Waals surface area contributed by atoms with E-state index in [4.69, 9.17) is 11.5 Å². The zero-order valence-corrected chi connectivity index (χ0v) is 17.7. The smallest absolute Gasteiger partial charge is 0.248 e. The number of hydrogen-bond donors (Lipinski definition) is 3. The van der Waals surface area contributed by atoms with Gasteiger partial charge in [-0.3, -0.25) is 9.79 Å². The van der Waals surface area contributed by atoms with E-state index in [1.165, 1.54) is 18.3 Å². The number of hydrogen-bond acceptors (Lipinski definition) is 6. The van der Waals surface area contributed by atoms with E-state index in [0.717, 1.165) is 12.1 Å². The highest BCUT2D eigenvalue weighted by molar-refractivity contribution is 6.10. The van der Waals surface area contributed by atoms with Crippen molar-refractivity contribution in [3.05, 3.63) is 64.2 Å². The van der Waals surface area contributed by atoms with Crippen molar-refractivity contribution in [2.24, 2.45) is 16.5 Å².